The summed E-state index contributed by atoms with van der Waals surface area (Å²) in [5.74, 6) is 6.22. The average molecular weight is 629 g/mol. The van der Waals surface area contributed by atoms with Crippen LogP contribution in [0.5, 0.6) is 0 Å². The first kappa shape index (κ1) is 30.9. The molecule has 4 aliphatic carbocycles. The van der Waals surface area contributed by atoms with E-state index in [2.05, 4.69) is 70.7 Å². The van der Waals surface area contributed by atoms with Crippen LogP contribution in [0.3, 0.4) is 0 Å². The quantitative estimate of drug-likeness (QED) is 0.379. The van der Waals surface area contributed by atoms with Crippen LogP contribution in [-0.4, -0.2) is 100 Å². The summed E-state index contributed by atoms with van der Waals surface area (Å²) in [4.78, 5) is 20.1. The lowest BCUT2D eigenvalue weighted by Crippen LogP contribution is -2.48. The molecule has 3 saturated heterocycles. The van der Waals surface area contributed by atoms with Crippen LogP contribution in [0.15, 0.2) is 41.5 Å². The first-order chi connectivity index (χ1) is 22.4. The molecule has 8 heteroatoms. The number of ether oxygens (including phenoxy) is 2. The van der Waals surface area contributed by atoms with E-state index in [4.69, 9.17) is 19.4 Å². The highest BCUT2D eigenvalue weighted by Crippen LogP contribution is 2.65. The Morgan fingerprint density at radius 1 is 0.848 bits per heavy atom. The van der Waals surface area contributed by atoms with Crippen LogP contribution in [0.2, 0.25) is 0 Å². The van der Waals surface area contributed by atoms with Gasteiger partial charge < -0.3 is 24.2 Å². The van der Waals surface area contributed by atoms with Crippen LogP contribution in [0.4, 0.5) is 17.6 Å². The Labute approximate surface area is 276 Å². The summed E-state index contributed by atoms with van der Waals surface area (Å²) in [5.41, 5.74) is 4.10. The summed E-state index contributed by atoms with van der Waals surface area (Å²) >= 11 is 0. The third-order valence-corrected chi connectivity index (χ3v) is 13.4. The molecule has 1 aromatic rings. The maximum atomic E-state index is 5.64. The molecular formula is C38H56N6O2. The molecule has 2 saturated carbocycles. The predicted molar refractivity (Wildman–Crippen MR) is 186 cm³/mol. The molecule has 0 unspecified atom stereocenters. The van der Waals surface area contributed by atoms with Gasteiger partial charge in [0.15, 0.2) is 0 Å². The van der Waals surface area contributed by atoms with E-state index in [1.54, 1.807) is 11.1 Å². The van der Waals surface area contributed by atoms with Crippen LogP contribution in [0, 0.1) is 34.5 Å². The van der Waals surface area contributed by atoms with Crippen LogP contribution in [0.25, 0.3) is 0 Å². The van der Waals surface area contributed by atoms with Gasteiger partial charge in [0.25, 0.3) is 0 Å². The zero-order valence-electron chi connectivity index (χ0n) is 28.6. The molecule has 0 amide bonds. The maximum absolute atomic E-state index is 5.64. The van der Waals surface area contributed by atoms with E-state index in [-0.39, 0.29) is 5.41 Å². The van der Waals surface area contributed by atoms with Crippen LogP contribution in [0.1, 0.15) is 59.3 Å². The second-order valence-electron chi connectivity index (χ2n) is 15.7. The standard InChI is InChI=1S/C38H56N6O2/c1-28-26-33-30-8-7-29-6-4-5-11-37(29,2)32(30)9-12-38(33,3)31(28)10-13-41-14-16-42(17-15-41)34-27-35(43-18-22-45-23-19-43)40-36(39-34)44-20-24-46-25-21-44/h5-6,9,11,27-28,30-31,33H,4,7-8,10,12-26H2,1-3H3/t28-,30-,31+,33+,37+,38-/m1/s1. The molecule has 5 fully saturated rings. The van der Waals surface area contributed by atoms with Crippen molar-refractivity contribution in [2.24, 2.45) is 34.5 Å². The zero-order valence-corrected chi connectivity index (χ0v) is 28.6. The Bertz CT molecular complexity index is 1320. The van der Waals surface area contributed by atoms with E-state index >= 15 is 0 Å². The fourth-order valence-corrected chi connectivity index (χ4v) is 10.7. The maximum Gasteiger partial charge on any atom is 0.229 e. The van der Waals surface area contributed by atoms with E-state index < -0.39 is 0 Å². The minimum absolute atomic E-state index is 0.194. The highest BCUT2D eigenvalue weighted by Gasteiger charge is 2.57. The van der Waals surface area contributed by atoms with E-state index in [1.807, 2.05) is 0 Å². The van der Waals surface area contributed by atoms with Crippen LogP contribution < -0.4 is 14.7 Å². The molecule has 0 radical (unpaired) electrons. The largest absolute Gasteiger partial charge is 0.378 e. The molecule has 8 rings (SSSR count). The average Bonchev–Trinajstić information content (AvgIpc) is 3.36. The van der Waals surface area contributed by atoms with Gasteiger partial charge in [0.1, 0.15) is 11.6 Å². The molecule has 0 bridgehead atoms. The second kappa shape index (κ2) is 12.6. The van der Waals surface area contributed by atoms with E-state index in [9.17, 15) is 0 Å². The summed E-state index contributed by atoms with van der Waals surface area (Å²) in [5, 5.41) is 0. The van der Waals surface area contributed by atoms with Crippen molar-refractivity contribution < 1.29 is 9.47 Å². The topological polar surface area (TPSA) is 57.2 Å². The fourth-order valence-electron chi connectivity index (χ4n) is 10.7. The van der Waals surface area contributed by atoms with Crippen molar-refractivity contribution in [3.05, 3.63) is 41.5 Å². The van der Waals surface area contributed by atoms with E-state index in [1.165, 1.54) is 38.6 Å². The van der Waals surface area contributed by atoms with Crippen molar-refractivity contribution in [2.45, 2.75) is 59.3 Å². The summed E-state index contributed by atoms with van der Waals surface area (Å²) in [7, 11) is 0. The smallest absolute Gasteiger partial charge is 0.229 e. The number of rotatable bonds is 6. The first-order valence-corrected chi connectivity index (χ1v) is 18.5. The van der Waals surface area contributed by atoms with Gasteiger partial charge >= 0.3 is 0 Å². The second-order valence-corrected chi connectivity index (χ2v) is 15.7. The molecule has 0 spiro atoms. The van der Waals surface area contributed by atoms with E-state index in [0.29, 0.717) is 5.41 Å². The summed E-state index contributed by atoms with van der Waals surface area (Å²) in [6.45, 7) is 19.7. The van der Waals surface area contributed by atoms with Gasteiger partial charge in [-0.3, -0.25) is 4.90 Å². The highest BCUT2D eigenvalue weighted by molar-refractivity contribution is 5.56. The van der Waals surface area contributed by atoms with Gasteiger partial charge in [-0.1, -0.05) is 49.3 Å². The SMILES string of the molecule is C[C@@H]1C[C@H]2[C@@H]3CCC4=CCC=C[C@]4(C)C3=CC[C@]2(C)[C@H]1CCN1CCN(c2cc(N3CCOCC3)nc(N3CCOCC3)n2)CC1. The van der Waals surface area contributed by atoms with Gasteiger partial charge in [-0.25, -0.2) is 0 Å². The molecule has 1 aromatic heterocycles. The monoisotopic (exact) mass is 628 g/mol. The molecule has 7 aliphatic rings. The molecule has 6 atom stereocenters. The van der Waals surface area contributed by atoms with Crippen molar-refractivity contribution in [1.29, 1.82) is 0 Å². The summed E-state index contributed by atoms with van der Waals surface area (Å²) < 4.78 is 11.3. The number of hydrogen-bond donors (Lipinski definition) is 0. The number of anilines is 3. The van der Waals surface area contributed by atoms with Crippen molar-refractivity contribution >= 4 is 17.6 Å². The van der Waals surface area contributed by atoms with E-state index in [0.717, 1.165) is 126 Å². The number of hydrogen-bond acceptors (Lipinski definition) is 8. The number of nitrogens with zero attached hydrogens (tertiary/aromatic N) is 6. The zero-order chi connectivity index (χ0) is 31.3. The molecular weight excluding hydrogens is 572 g/mol. The highest BCUT2D eigenvalue weighted by atomic mass is 16.5. The molecule has 0 aromatic carbocycles. The Morgan fingerprint density at radius 3 is 2.24 bits per heavy atom. The number of fused-ring (bicyclic) bond motifs is 5. The number of morpholine rings is 2. The Balaban J connectivity index is 0.922. The summed E-state index contributed by atoms with van der Waals surface area (Å²) in [6, 6.07) is 2.23. The van der Waals surface area contributed by atoms with Gasteiger partial charge in [-0.2, -0.15) is 9.97 Å². The Morgan fingerprint density at radius 2 is 1.52 bits per heavy atom. The predicted octanol–water partition coefficient (Wildman–Crippen LogP) is 5.57. The van der Waals surface area contributed by atoms with Crippen LogP contribution >= 0.6 is 0 Å². The minimum atomic E-state index is 0.194. The molecule has 0 N–H and O–H groups in total. The first-order valence-electron chi connectivity index (χ1n) is 18.5. The lowest BCUT2D eigenvalue weighted by atomic mass is 9.52. The Kier molecular flexibility index (Phi) is 8.43. The van der Waals surface area contributed by atoms with Gasteiger partial charge in [0, 0.05) is 63.8 Å². The van der Waals surface area contributed by atoms with Crippen molar-refractivity contribution in [3.63, 3.8) is 0 Å². The van der Waals surface area contributed by atoms with Crippen molar-refractivity contribution in [3.8, 4) is 0 Å². The molecule has 3 aliphatic heterocycles. The fraction of sp³-hybridized carbons (Fsp3) is 0.737. The third-order valence-electron chi connectivity index (χ3n) is 13.4. The normalized spacial score (nSPS) is 36.5. The Hall–Kier alpha value is -2.42. The van der Waals surface area contributed by atoms with Crippen molar-refractivity contribution in [1.82, 2.24) is 14.9 Å². The number of piperazine rings is 1. The molecule has 250 valence electrons. The molecule has 4 heterocycles. The van der Waals surface area contributed by atoms with Crippen molar-refractivity contribution in [2.75, 3.05) is 100 Å². The summed E-state index contributed by atoms with van der Waals surface area (Å²) in [6.07, 6.45) is 18.0. The number of aromatic nitrogens is 2. The molecule has 8 nitrogen and oxygen atoms in total. The van der Waals surface area contributed by atoms with Gasteiger partial charge in [0.2, 0.25) is 5.95 Å². The van der Waals surface area contributed by atoms with Gasteiger partial charge in [-0.15, -0.1) is 0 Å². The molecule has 46 heavy (non-hydrogen) atoms. The lowest BCUT2D eigenvalue weighted by molar-refractivity contribution is 0.0753. The van der Waals surface area contributed by atoms with Gasteiger partial charge in [0.05, 0.1) is 26.4 Å². The number of allylic oxidation sites excluding steroid dienone is 6. The lowest BCUT2D eigenvalue weighted by Gasteiger charge is -2.52. The van der Waals surface area contributed by atoms with Gasteiger partial charge in [-0.05, 0) is 81.1 Å². The third kappa shape index (κ3) is 5.50. The van der Waals surface area contributed by atoms with Crippen LogP contribution in [-0.2, 0) is 9.47 Å². The minimum Gasteiger partial charge on any atom is -0.378 e.